The molecule has 1 saturated heterocycles. The molecule has 210 valence electrons. The second-order valence-electron chi connectivity index (χ2n) is 11.6. The molecule has 4 heterocycles. The zero-order valence-electron chi connectivity index (χ0n) is 22.0. The van der Waals surface area contributed by atoms with Gasteiger partial charge < -0.3 is 42.0 Å². The number of rotatable bonds is 5. The minimum Gasteiger partial charge on any atom is -0.492 e. The van der Waals surface area contributed by atoms with Crippen LogP contribution in [0.2, 0.25) is 0 Å². The number of amides is 3. The Kier molecular flexibility index (Phi) is 5.63. The number of aliphatic imine (C=N–C) groups is 1. The summed E-state index contributed by atoms with van der Waals surface area (Å²) in [6.07, 6.45) is 2.71. The van der Waals surface area contributed by atoms with Gasteiger partial charge in [0.25, 0.3) is 5.91 Å². The second kappa shape index (κ2) is 8.61. The zero-order valence-corrected chi connectivity index (χ0v) is 22.0. The number of benzene rings is 1. The van der Waals surface area contributed by atoms with Crippen molar-refractivity contribution in [2.75, 3.05) is 19.7 Å². The minimum atomic E-state index is -2.56. The molecule has 3 amide bonds. The average molecular weight is 543 g/mol. The van der Waals surface area contributed by atoms with E-state index >= 15 is 0 Å². The number of hydrogen-bond acceptors (Lipinski definition) is 10. The van der Waals surface area contributed by atoms with Gasteiger partial charge in [-0.2, -0.15) is 0 Å². The number of fused-ring (bicyclic) bond motifs is 1. The molecule has 14 nitrogen and oxygen atoms in total. The lowest BCUT2D eigenvalue weighted by atomic mass is 9.79. The summed E-state index contributed by atoms with van der Waals surface area (Å²) < 4.78 is 7.41. The second-order valence-corrected chi connectivity index (χ2v) is 11.6. The van der Waals surface area contributed by atoms with Gasteiger partial charge in [-0.15, -0.1) is 0 Å². The van der Waals surface area contributed by atoms with Crippen LogP contribution in [0.5, 0.6) is 5.75 Å². The van der Waals surface area contributed by atoms with Crippen LogP contribution in [0.1, 0.15) is 49.0 Å². The lowest BCUT2D eigenvalue weighted by molar-refractivity contribution is -0.623. The molecule has 4 aliphatic heterocycles. The van der Waals surface area contributed by atoms with Crippen LogP contribution in [0.15, 0.2) is 23.2 Å². The molecule has 2 fully saturated rings. The monoisotopic (exact) mass is 542 g/mol. The van der Waals surface area contributed by atoms with Gasteiger partial charge >= 0.3 is 12.0 Å². The molecule has 1 unspecified atom stereocenters. The van der Waals surface area contributed by atoms with Crippen LogP contribution in [0.3, 0.4) is 0 Å². The maximum absolute atomic E-state index is 13.5. The third-order valence-electron chi connectivity index (χ3n) is 8.53. The van der Waals surface area contributed by atoms with E-state index in [0.717, 1.165) is 24.8 Å². The van der Waals surface area contributed by atoms with Gasteiger partial charge in [0.15, 0.2) is 5.96 Å². The Balaban J connectivity index is 1.27. The molecular weight excluding hydrogens is 506 g/mol. The first kappa shape index (κ1) is 25.5. The van der Waals surface area contributed by atoms with Gasteiger partial charge in [0.1, 0.15) is 23.9 Å². The van der Waals surface area contributed by atoms with Gasteiger partial charge in [-0.25, -0.2) is 14.4 Å². The van der Waals surface area contributed by atoms with Crippen molar-refractivity contribution in [1.29, 1.82) is 0 Å². The first-order chi connectivity index (χ1) is 18.4. The van der Waals surface area contributed by atoms with Crippen LogP contribution in [-0.2, 0) is 5.41 Å². The van der Waals surface area contributed by atoms with Gasteiger partial charge in [-0.05, 0) is 30.7 Å². The Morgan fingerprint density at radius 2 is 2.00 bits per heavy atom. The van der Waals surface area contributed by atoms with Crippen molar-refractivity contribution in [3.05, 3.63) is 29.3 Å². The summed E-state index contributed by atoms with van der Waals surface area (Å²) >= 11 is 0. The minimum absolute atomic E-state index is 0.0128. The molecule has 1 aromatic rings. The van der Waals surface area contributed by atoms with Gasteiger partial charge in [0.2, 0.25) is 11.4 Å². The van der Waals surface area contributed by atoms with E-state index in [2.05, 4.69) is 45.4 Å². The molecule has 1 aliphatic carbocycles. The van der Waals surface area contributed by atoms with Crippen LogP contribution < -0.4 is 42.8 Å². The predicted octanol–water partition coefficient (Wildman–Crippen LogP) is -2.72. The maximum atomic E-state index is 13.5. The summed E-state index contributed by atoms with van der Waals surface area (Å²) in [4.78, 5) is 30.2. The number of guanidine groups is 2. The molecular formula is C25H36N9O5+. The summed E-state index contributed by atoms with van der Waals surface area (Å²) in [5.41, 5.74) is 11.8. The van der Waals surface area contributed by atoms with E-state index in [4.69, 9.17) is 16.2 Å². The third kappa shape index (κ3) is 3.92. The Labute approximate surface area is 225 Å². The van der Waals surface area contributed by atoms with Crippen molar-refractivity contribution in [3.63, 3.8) is 0 Å². The van der Waals surface area contributed by atoms with Gasteiger partial charge in [0.05, 0.1) is 25.3 Å². The third-order valence-corrected chi connectivity index (χ3v) is 8.53. The highest BCUT2D eigenvalue weighted by atomic mass is 16.5. The number of nitrogens with one attached hydrogen (secondary N) is 5. The molecule has 0 aromatic heterocycles. The summed E-state index contributed by atoms with van der Waals surface area (Å²) in [6.45, 7) is 4.71. The van der Waals surface area contributed by atoms with Crippen molar-refractivity contribution in [1.82, 2.24) is 26.6 Å². The number of aliphatic hydroxyl groups is 2. The Hall–Kier alpha value is -3.78. The Bertz CT molecular complexity index is 1290. The first-order valence-electron chi connectivity index (χ1n) is 13.3. The number of nitrogens with two attached hydrogens (primary N) is 2. The molecule has 5 aliphatic rings. The van der Waals surface area contributed by atoms with E-state index in [9.17, 15) is 19.8 Å². The van der Waals surface area contributed by atoms with E-state index in [1.807, 2.05) is 6.07 Å². The van der Waals surface area contributed by atoms with Crippen molar-refractivity contribution in [3.8, 4) is 5.75 Å². The summed E-state index contributed by atoms with van der Waals surface area (Å²) in [7, 11) is 0. The fourth-order valence-corrected chi connectivity index (χ4v) is 6.17. The van der Waals surface area contributed by atoms with E-state index in [1.165, 1.54) is 4.58 Å². The molecule has 4 atom stereocenters. The van der Waals surface area contributed by atoms with Crippen molar-refractivity contribution in [2.24, 2.45) is 16.5 Å². The smallest absolute Gasteiger partial charge is 0.346 e. The van der Waals surface area contributed by atoms with E-state index in [0.29, 0.717) is 17.9 Å². The lowest BCUT2D eigenvalue weighted by Gasteiger charge is -2.43. The molecule has 14 heteroatoms. The number of ether oxygens (including phenoxy) is 1. The van der Waals surface area contributed by atoms with Crippen molar-refractivity contribution >= 4 is 23.9 Å². The highest BCUT2D eigenvalue weighted by Gasteiger charge is 2.75. The number of carbonyl (C=O) groups is 2. The number of para-hydroxylation sites is 1. The molecule has 0 bridgehead atoms. The predicted molar refractivity (Wildman–Crippen MR) is 140 cm³/mol. The number of nitrogens with zero attached hydrogens (tertiary/aromatic N) is 2. The van der Waals surface area contributed by atoms with Crippen molar-refractivity contribution < 1.29 is 29.1 Å². The normalized spacial score (nSPS) is 31.4. The van der Waals surface area contributed by atoms with Crippen LogP contribution in [-0.4, -0.2) is 94.0 Å². The topological polar surface area (TPSA) is 211 Å². The molecule has 39 heavy (non-hydrogen) atoms. The summed E-state index contributed by atoms with van der Waals surface area (Å²) in [6, 6.07) is 2.57. The molecule has 6 rings (SSSR count). The van der Waals surface area contributed by atoms with E-state index in [-0.39, 0.29) is 42.5 Å². The van der Waals surface area contributed by atoms with Gasteiger partial charge in [-0.3, -0.25) is 15.8 Å². The average Bonchev–Trinajstić information content (AvgIpc) is 3.56. The Morgan fingerprint density at radius 3 is 2.74 bits per heavy atom. The van der Waals surface area contributed by atoms with Gasteiger partial charge in [0, 0.05) is 11.6 Å². The largest absolute Gasteiger partial charge is 0.492 e. The molecule has 1 aromatic carbocycles. The lowest BCUT2D eigenvalue weighted by Crippen LogP contribution is -2.79. The Morgan fingerprint density at radius 1 is 1.23 bits per heavy atom. The SMILES string of the molecule is CC1(C)CCOc2c(C(=O)NC3C[N+]4=C(N)N[C@@H](CNC(=O)NC5CC5)[C@@H]5N=C(N)N[C@@]54C3(O)O)cccc21. The summed E-state index contributed by atoms with van der Waals surface area (Å²) in [5.74, 6) is -2.46. The molecule has 1 spiro atoms. The van der Waals surface area contributed by atoms with Crippen molar-refractivity contribution in [2.45, 2.75) is 74.1 Å². The first-order valence-corrected chi connectivity index (χ1v) is 13.3. The maximum Gasteiger partial charge on any atom is 0.346 e. The van der Waals surface area contributed by atoms with Crippen LogP contribution >= 0.6 is 0 Å². The molecule has 0 radical (unpaired) electrons. The fourth-order valence-electron chi connectivity index (χ4n) is 6.17. The highest BCUT2D eigenvalue weighted by molar-refractivity contribution is 5.98. The number of hydrogen-bond donors (Lipinski definition) is 9. The fraction of sp³-hybridized carbons (Fsp3) is 0.600. The molecule has 1 saturated carbocycles. The van der Waals surface area contributed by atoms with E-state index < -0.39 is 35.5 Å². The van der Waals surface area contributed by atoms with E-state index in [1.54, 1.807) is 12.1 Å². The summed E-state index contributed by atoms with van der Waals surface area (Å²) in [5, 5.41) is 37.8. The number of urea groups is 1. The quantitative estimate of drug-likeness (QED) is 0.140. The van der Waals surface area contributed by atoms with Crippen LogP contribution in [0.25, 0.3) is 0 Å². The van der Waals surface area contributed by atoms with Gasteiger partial charge in [-0.1, -0.05) is 26.0 Å². The zero-order chi connectivity index (χ0) is 27.7. The van der Waals surface area contributed by atoms with Crippen LogP contribution in [0.4, 0.5) is 4.79 Å². The standard InChI is InChI=1S/C25H35N9O5/c1-23(2)8-9-39-17-13(4-3-5-14(17)23)19(35)31-16-11-34-21(27)30-15(10-28-22(36)29-12-6-7-12)18-24(34,25(16,37)38)33-20(26)32-18/h3-5,12,15-16,18,37-38H,6-11H2,1-2H3,(H8,26,27,28,29,30,31,32,33,35,36)/p+1/t15-,16?,18-,24-/m0/s1. The van der Waals surface area contributed by atoms with Crippen LogP contribution in [0, 0.1) is 0 Å². The number of carbonyl (C=O) groups excluding carboxylic acids is 2. The highest BCUT2D eigenvalue weighted by Crippen LogP contribution is 2.43. The molecule has 11 N–H and O–H groups in total.